The lowest BCUT2D eigenvalue weighted by molar-refractivity contribution is -0.164. The zero-order chi connectivity index (χ0) is 21.9. The summed E-state index contributed by atoms with van der Waals surface area (Å²) in [5.41, 5.74) is 10.9. The predicted octanol–water partition coefficient (Wildman–Crippen LogP) is 3.19. The first-order chi connectivity index (χ1) is 15.5. The number of nitrogens with one attached hydrogen (secondary N) is 1. The SMILES string of the molecule is Cc1csc2c(-n3nc(Nc4cnc5c(c4)CC4(CC5)OCCO4)nc3N)nc(Cl)nc12. The fraction of sp³-hybridized carbons (Fsp3) is 0.350. The maximum atomic E-state index is 6.17. The molecule has 1 fully saturated rings. The Bertz CT molecular complexity index is 1350. The first-order valence-electron chi connectivity index (χ1n) is 10.2. The van der Waals surface area contributed by atoms with Crippen LogP contribution in [0.15, 0.2) is 17.6 Å². The Balaban J connectivity index is 1.31. The van der Waals surface area contributed by atoms with Crippen molar-refractivity contribution in [1.82, 2.24) is 29.7 Å². The van der Waals surface area contributed by atoms with E-state index in [2.05, 4.69) is 30.4 Å². The minimum atomic E-state index is -0.520. The molecule has 5 heterocycles. The summed E-state index contributed by atoms with van der Waals surface area (Å²) < 4.78 is 14.1. The van der Waals surface area contributed by atoms with E-state index in [-0.39, 0.29) is 11.2 Å². The van der Waals surface area contributed by atoms with Crippen LogP contribution in [-0.2, 0) is 22.3 Å². The molecule has 1 spiro atoms. The Morgan fingerprint density at radius 1 is 1.25 bits per heavy atom. The maximum Gasteiger partial charge on any atom is 0.248 e. The van der Waals surface area contributed by atoms with Crippen molar-refractivity contribution in [3.63, 3.8) is 0 Å². The second kappa shape index (κ2) is 7.34. The summed E-state index contributed by atoms with van der Waals surface area (Å²) in [6, 6.07) is 2.04. The van der Waals surface area contributed by atoms with Gasteiger partial charge in [-0.3, -0.25) is 4.98 Å². The molecule has 1 aliphatic carbocycles. The summed E-state index contributed by atoms with van der Waals surface area (Å²) in [7, 11) is 0. The monoisotopic (exact) mass is 470 g/mol. The quantitative estimate of drug-likeness (QED) is 0.434. The number of rotatable bonds is 3. The Labute approximate surface area is 191 Å². The van der Waals surface area contributed by atoms with E-state index in [4.69, 9.17) is 26.8 Å². The van der Waals surface area contributed by atoms with Crippen LogP contribution in [-0.4, -0.2) is 48.7 Å². The average Bonchev–Trinajstić information content (AvgIpc) is 3.47. The van der Waals surface area contributed by atoms with E-state index in [1.54, 1.807) is 6.20 Å². The second-order valence-corrected chi connectivity index (χ2v) is 9.08. The number of hydrogen-bond donors (Lipinski definition) is 2. The van der Waals surface area contributed by atoms with Gasteiger partial charge in [0.1, 0.15) is 0 Å². The standard InChI is InChI=1S/C20H19ClN8O2S/c1-10-9-32-15-14(10)25-17(21)26-16(15)29-18(22)27-19(28-29)24-12-6-11-7-20(30-4-5-31-20)3-2-13(11)23-8-12/h6,8-9H,2-5,7H2,1H3,(H3,22,24,27,28). The topological polar surface area (TPSA) is 126 Å². The fourth-order valence-corrected chi connectivity index (χ4v) is 5.34. The van der Waals surface area contributed by atoms with Gasteiger partial charge in [0, 0.05) is 18.5 Å². The molecule has 32 heavy (non-hydrogen) atoms. The zero-order valence-electron chi connectivity index (χ0n) is 17.1. The van der Waals surface area contributed by atoms with Crippen LogP contribution in [0.1, 0.15) is 23.2 Å². The number of pyridine rings is 1. The van der Waals surface area contributed by atoms with Crippen LogP contribution in [0.5, 0.6) is 0 Å². The highest BCUT2D eigenvalue weighted by atomic mass is 35.5. The smallest absolute Gasteiger partial charge is 0.248 e. The molecule has 0 bridgehead atoms. The number of halogens is 1. The molecule has 0 aromatic carbocycles. The predicted molar refractivity (Wildman–Crippen MR) is 121 cm³/mol. The average molecular weight is 471 g/mol. The van der Waals surface area contributed by atoms with Gasteiger partial charge in [0.2, 0.25) is 17.2 Å². The summed E-state index contributed by atoms with van der Waals surface area (Å²) in [5.74, 6) is 0.498. The van der Waals surface area contributed by atoms with Gasteiger partial charge in [-0.15, -0.1) is 16.4 Å². The minimum Gasteiger partial charge on any atom is -0.368 e. The molecule has 0 radical (unpaired) electrons. The van der Waals surface area contributed by atoms with Crippen LogP contribution < -0.4 is 11.1 Å². The highest BCUT2D eigenvalue weighted by Crippen LogP contribution is 2.36. The fourth-order valence-electron chi connectivity index (χ4n) is 4.21. The number of anilines is 3. The van der Waals surface area contributed by atoms with Crippen LogP contribution in [0.4, 0.5) is 17.6 Å². The van der Waals surface area contributed by atoms with Gasteiger partial charge < -0.3 is 20.5 Å². The molecule has 1 aliphatic heterocycles. The van der Waals surface area contributed by atoms with Crippen molar-refractivity contribution in [2.24, 2.45) is 0 Å². The van der Waals surface area contributed by atoms with Crippen molar-refractivity contribution in [3.8, 4) is 5.82 Å². The Hall–Kier alpha value is -2.86. The molecule has 12 heteroatoms. The lowest BCUT2D eigenvalue weighted by atomic mass is 9.90. The number of aromatic nitrogens is 6. The summed E-state index contributed by atoms with van der Waals surface area (Å²) in [6.07, 6.45) is 4.08. The van der Waals surface area contributed by atoms with Crippen LogP contribution in [0.2, 0.25) is 5.28 Å². The molecule has 0 unspecified atom stereocenters. The number of nitrogens with zero attached hydrogens (tertiary/aromatic N) is 6. The van der Waals surface area contributed by atoms with Gasteiger partial charge >= 0.3 is 0 Å². The summed E-state index contributed by atoms with van der Waals surface area (Å²) in [4.78, 5) is 17.6. The Morgan fingerprint density at radius 3 is 2.94 bits per heavy atom. The van der Waals surface area contributed by atoms with Crippen molar-refractivity contribution in [2.45, 2.75) is 32.0 Å². The highest BCUT2D eigenvalue weighted by molar-refractivity contribution is 7.17. The van der Waals surface area contributed by atoms with Crippen molar-refractivity contribution in [1.29, 1.82) is 0 Å². The number of hydrogen-bond acceptors (Lipinski definition) is 10. The van der Waals surface area contributed by atoms with E-state index in [1.165, 1.54) is 16.0 Å². The molecular weight excluding hydrogens is 452 g/mol. The first kappa shape index (κ1) is 19.8. The van der Waals surface area contributed by atoms with E-state index in [1.807, 2.05) is 18.4 Å². The molecule has 0 saturated carbocycles. The van der Waals surface area contributed by atoms with E-state index < -0.39 is 5.79 Å². The van der Waals surface area contributed by atoms with Gasteiger partial charge in [-0.2, -0.15) is 14.6 Å². The molecule has 164 valence electrons. The van der Waals surface area contributed by atoms with Gasteiger partial charge in [0.05, 0.1) is 35.3 Å². The number of ether oxygens (including phenoxy) is 2. The third-order valence-corrected chi connectivity index (χ3v) is 6.96. The summed E-state index contributed by atoms with van der Waals surface area (Å²) >= 11 is 7.65. The molecule has 2 aliphatic rings. The van der Waals surface area contributed by atoms with Crippen molar-refractivity contribution < 1.29 is 9.47 Å². The number of nitrogen functional groups attached to an aromatic ring is 1. The van der Waals surface area contributed by atoms with Crippen LogP contribution in [0.25, 0.3) is 16.0 Å². The maximum absolute atomic E-state index is 6.17. The molecule has 3 N–H and O–H groups in total. The van der Waals surface area contributed by atoms with E-state index in [0.29, 0.717) is 31.4 Å². The Kier molecular flexibility index (Phi) is 4.54. The Morgan fingerprint density at radius 2 is 2.09 bits per heavy atom. The lowest BCUT2D eigenvalue weighted by Crippen LogP contribution is -2.37. The van der Waals surface area contributed by atoms with Gasteiger partial charge in [-0.25, -0.2) is 4.98 Å². The number of nitrogens with two attached hydrogens (primary N) is 1. The normalized spacial score (nSPS) is 17.2. The minimum absolute atomic E-state index is 0.127. The molecule has 0 atom stereocenters. The number of aryl methyl sites for hydroxylation is 2. The molecule has 10 nitrogen and oxygen atoms in total. The van der Waals surface area contributed by atoms with Gasteiger partial charge in [-0.05, 0) is 47.5 Å². The highest BCUT2D eigenvalue weighted by Gasteiger charge is 2.40. The molecule has 1 saturated heterocycles. The van der Waals surface area contributed by atoms with E-state index in [9.17, 15) is 0 Å². The van der Waals surface area contributed by atoms with Crippen molar-refractivity contribution in [3.05, 3.63) is 39.7 Å². The van der Waals surface area contributed by atoms with Crippen LogP contribution >= 0.6 is 22.9 Å². The van der Waals surface area contributed by atoms with Crippen molar-refractivity contribution >= 4 is 50.7 Å². The molecule has 0 amide bonds. The molecule has 4 aromatic rings. The summed E-state index contributed by atoms with van der Waals surface area (Å²) in [5, 5.41) is 9.82. The number of thiophene rings is 1. The van der Waals surface area contributed by atoms with Crippen LogP contribution in [0, 0.1) is 6.92 Å². The van der Waals surface area contributed by atoms with Gasteiger partial charge in [0.25, 0.3) is 0 Å². The van der Waals surface area contributed by atoms with Crippen molar-refractivity contribution in [2.75, 3.05) is 24.3 Å². The second-order valence-electron chi connectivity index (χ2n) is 7.86. The lowest BCUT2D eigenvalue weighted by Gasteiger charge is -2.32. The third kappa shape index (κ3) is 3.28. The van der Waals surface area contributed by atoms with Gasteiger partial charge in [-0.1, -0.05) is 0 Å². The molecule has 6 rings (SSSR count). The zero-order valence-corrected chi connectivity index (χ0v) is 18.7. The van der Waals surface area contributed by atoms with E-state index >= 15 is 0 Å². The van der Waals surface area contributed by atoms with Gasteiger partial charge in [0.15, 0.2) is 11.6 Å². The third-order valence-electron chi connectivity index (χ3n) is 5.71. The molecular formula is C20H19ClN8O2S. The molecule has 4 aromatic heterocycles. The van der Waals surface area contributed by atoms with Crippen LogP contribution in [0.3, 0.4) is 0 Å². The first-order valence-corrected chi connectivity index (χ1v) is 11.4. The summed E-state index contributed by atoms with van der Waals surface area (Å²) in [6.45, 7) is 3.23. The van der Waals surface area contributed by atoms with E-state index in [0.717, 1.165) is 45.6 Å². The number of fused-ring (bicyclic) bond motifs is 2. The largest absolute Gasteiger partial charge is 0.368 e.